The van der Waals surface area contributed by atoms with Crippen molar-refractivity contribution in [1.82, 2.24) is 0 Å². The van der Waals surface area contributed by atoms with Crippen LogP contribution < -0.4 is 0 Å². The zero-order valence-corrected chi connectivity index (χ0v) is 8.56. The lowest BCUT2D eigenvalue weighted by Crippen LogP contribution is -2.25. The van der Waals surface area contributed by atoms with Gasteiger partial charge in [-0.3, -0.25) is 0 Å². The SMILES string of the molecule is C=CC(=O)OCC(O)COC(=O)C(=C)C. The third-order valence-corrected chi connectivity index (χ3v) is 1.34. The molecule has 0 fully saturated rings. The maximum atomic E-state index is 10.9. The second-order valence-corrected chi connectivity index (χ2v) is 2.87. The van der Waals surface area contributed by atoms with Crippen molar-refractivity contribution in [3.63, 3.8) is 0 Å². The van der Waals surface area contributed by atoms with Crippen LogP contribution in [0.1, 0.15) is 6.92 Å². The van der Waals surface area contributed by atoms with Crippen LogP contribution in [0.4, 0.5) is 0 Å². The fourth-order valence-corrected chi connectivity index (χ4v) is 0.580. The van der Waals surface area contributed by atoms with Gasteiger partial charge in [0.1, 0.15) is 19.3 Å². The highest BCUT2D eigenvalue weighted by molar-refractivity contribution is 5.86. The lowest BCUT2D eigenvalue weighted by Gasteiger charge is -2.10. The Morgan fingerprint density at radius 3 is 2.40 bits per heavy atom. The van der Waals surface area contributed by atoms with E-state index in [2.05, 4.69) is 22.6 Å². The number of carbonyl (C=O) groups is 2. The predicted molar refractivity (Wildman–Crippen MR) is 52.9 cm³/mol. The summed E-state index contributed by atoms with van der Waals surface area (Å²) in [7, 11) is 0. The zero-order chi connectivity index (χ0) is 11.8. The Bertz CT molecular complexity index is 269. The Labute approximate surface area is 88.0 Å². The van der Waals surface area contributed by atoms with Gasteiger partial charge < -0.3 is 14.6 Å². The third-order valence-electron chi connectivity index (χ3n) is 1.34. The monoisotopic (exact) mass is 214 g/mol. The van der Waals surface area contributed by atoms with Crippen LogP contribution in [-0.2, 0) is 19.1 Å². The highest BCUT2D eigenvalue weighted by Crippen LogP contribution is 1.95. The van der Waals surface area contributed by atoms with Crippen molar-refractivity contribution >= 4 is 11.9 Å². The Morgan fingerprint density at radius 2 is 1.93 bits per heavy atom. The molecular weight excluding hydrogens is 200 g/mol. The zero-order valence-electron chi connectivity index (χ0n) is 8.56. The van der Waals surface area contributed by atoms with Crippen molar-refractivity contribution in [2.24, 2.45) is 0 Å². The smallest absolute Gasteiger partial charge is 0.333 e. The van der Waals surface area contributed by atoms with E-state index in [1.165, 1.54) is 6.92 Å². The Hall–Kier alpha value is -1.62. The highest BCUT2D eigenvalue weighted by atomic mass is 16.6. The molecule has 0 spiro atoms. The maximum absolute atomic E-state index is 10.9. The molecule has 5 heteroatoms. The van der Waals surface area contributed by atoms with E-state index in [9.17, 15) is 14.7 Å². The predicted octanol–water partition coefficient (Wildman–Crippen LogP) is 0.196. The molecule has 0 saturated carbocycles. The maximum Gasteiger partial charge on any atom is 0.333 e. The molecule has 0 heterocycles. The third kappa shape index (κ3) is 6.45. The molecule has 0 aromatic rings. The van der Waals surface area contributed by atoms with E-state index in [0.29, 0.717) is 0 Å². The van der Waals surface area contributed by atoms with E-state index >= 15 is 0 Å². The van der Waals surface area contributed by atoms with Gasteiger partial charge in [-0.1, -0.05) is 13.2 Å². The topological polar surface area (TPSA) is 72.8 Å². The molecule has 15 heavy (non-hydrogen) atoms. The lowest BCUT2D eigenvalue weighted by molar-refractivity contribution is -0.146. The van der Waals surface area contributed by atoms with Gasteiger partial charge in [0.15, 0.2) is 0 Å². The van der Waals surface area contributed by atoms with Crippen LogP contribution in [0.15, 0.2) is 24.8 Å². The van der Waals surface area contributed by atoms with Gasteiger partial charge in [-0.2, -0.15) is 0 Å². The number of aliphatic hydroxyl groups excluding tert-OH is 1. The van der Waals surface area contributed by atoms with Gasteiger partial charge in [0.2, 0.25) is 0 Å². The van der Waals surface area contributed by atoms with Gasteiger partial charge in [-0.15, -0.1) is 0 Å². The van der Waals surface area contributed by atoms with Crippen LogP contribution in [0.5, 0.6) is 0 Å². The minimum atomic E-state index is -1.04. The fourth-order valence-electron chi connectivity index (χ4n) is 0.580. The van der Waals surface area contributed by atoms with E-state index in [0.717, 1.165) is 6.08 Å². The summed E-state index contributed by atoms with van der Waals surface area (Å²) in [6.07, 6.45) is -0.0655. The van der Waals surface area contributed by atoms with Crippen LogP contribution in [0.25, 0.3) is 0 Å². The normalized spacial score (nSPS) is 11.3. The van der Waals surface area contributed by atoms with Crippen molar-refractivity contribution in [1.29, 1.82) is 0 Å². The molecule has 0 saturated heterocycles. The number of hydrogen-bond donors (Lipinski definition) is 1. The van der Waals surface area contributed by atoms with Crippen molar-refractivity contribution in [2.45, 2.75) is 13.0 Å². The fraction of sp³-hybridized carbons (Fsp3) is 0.400. The molecule has 0 amide bonds. The van der Waals surface area contributed by atoms with Crippen molar-refractivity contribution in [3.8, 4) is 0 Å². The van der Waals surface area contributed by atoms with Crippen molar-refractivity contribution in [2.75, 3.05) is 13.2 Å². The Balaban J connectivity index is 3.70. The molecule has 0 bridgehead atoms. The Morgan fingerprint density at radius 1 is 1.40 bits per heavy atom. The van der Waals surface area contributed by atoms with E-state index in [-0.39, 0.29) is 18.8 Å². The summed E-state index contributed by atoms with van der Waals surface area (Å²) in [6.45, 7) is 7.56. The number of hydrogen-bond acceptors (Lipinski definition) is 5. The van der Waals surface area contributed by atoms with Crippen LogP contribution in [0, 0.1) is 0 Å². The summed E-state index contributed by atoms with van der Waals surface area (Å²) in [6, 6.07) is 0. The molecule has 1 unspecified atom stereocenters. The molecule has 1 N–H and O–H groups in total. The van der Waals surface area contributed by atoms with Gasteiger partial charge in [0, 0.05) is 11.6 Å². The molecule has 0 aliphatic rings. The molecule has 0 aromatic carbocycles. The van der Waals surface area contributed by atoms with Crippen LogP contribution >= 0.6 is 0 Å². The summed E-state index contributed by atoms with van der Waals surface area (Å²) >= 11 is 0. The van der Waals surface area contributed by atoms with Crippen molar-refractivity contribution < 1.29 is 24.2 Å². The van der Waals surface area contributed by atoms with E-state index in [4.69, 9.17) is 0 Å². The Kier molecular flexibility index (Phi) is 6.05. The molecule has 0 aliphatic heterocycles. The average Bonchev–Trinajstić information content (AvgIpc) is 2.21. The van der Waals surface area contributed by atoms with Gasteiger partial charge >= 0.3 is 11.9 Å². The molecular formula is C10H14O5. The minimum Gasteiger partial charge on any atom is -0.460 e. The molecule has 5 nitrogen and oxygen atoms in total. The summed E-state index contributed by atoms with van der Waals surface area (Å²) in [5.41, 5.74) is 0.241. The molecule has 0 aliphatic carbocycles. The largest absolute Gasteiger partial charge is 0.460 e. The number of carbonyl (C=O) groups excluding carboxylic acids is 2. The first-order valence-corrected chi connectivity index (χ1v) is 4.27. The first-order chi connectivity index (χ1) is 6.97. The number of aliphatic hydroxyl groups is 1. The number of ether oxygens (including phenoxy) is 2. The van der Waals surface area contributed by atoms with Crippen LogP contribution in [-0.4, -0.2) is 36.4 Å². The van der Waals surface area contributed by atoms with E-state index in [1.807, 2.05) is 0 Å². The molecule has 0 radical (unpaired) electrons. The minimum absolute atomic E-state index is 0.240. The van der Waals surface area contributed by atoms with Gasteiger partial charge in [0.05, 0.1) is 0 Å². The number of esters is 2. The van der Waals surface area contributed by atoms with Crippen LogP contribution in [0.2, 0.25) is 0 Å². The molecule has 0 aromatic heterocycles. The lowest BCUT2D eigenvalue weighted by atomic mass is 10.3. The van der Waals surface area contributed by atoms with Crippen LogP contribution in [0.3, 0.4) is 0 Å². The first-order valence-electron chi connectivity index (χ1n) is 4.27. The summed E-state index contributed by atoms with van der Waals surface area (Å²) in [4.78, 5) is 21.5. The second-order valence-electron chi connectivity index (χ2n) is 2.87. The van der Waals surface area contributed by atoms with Gasteiger partial charge in [-0.25, -0.2) is 9.59 Å². The quantitative estimate of drug-likeness (QED) is 0.505. The molecule has 84 valence electrons. The van der Waals surface area contributed by atoms with E-state index in [1.54, 1.807) is 0 Å². The first kappa shape index (κ1) is 13.4. The highest BCUT2D eigenvalue weighted by Gasteiger charge is 2.10. The average molecular weight is 214 g/mol. The van der Waals surface area contributed by atoms with Crippen molar-refractivity contribution in [3.05, 3.63) is 24.8 Å². The summed E-state index contributed by atoms with van der Waals surface area (Å²) in [5.74, 6) is -1.23. The summed E-state index contributed by atoms with van der Waals surface area (Å²) < 4.78 is 9.15. The molecule has 1 atom stereocenters. The number of rotatable bonds is 6. The van der Waals surface area contributed by atoms with Gasteiger partial charge in [-0.05, 0) is 6.92 Å². The second kappa shape index (κ2) is 6.78. The van der Waals surface area contributed by atoms with Gasteiger partial charge in [0.25, 0.3) is 0 Å². The molecule has 0 rings (SSSR count). The standard InChI is InChI=1S/C10H14O5/c1-4-9(12)14-5-8(11)6-15-10(13)7(2)3/h4,8,11H,1-2,5-6H2,3H3. The van der Waals surface area contributed by atoms with E-state index < -0.39 is 18.0 Å². The summed E-state index contributed by atoms with van der Waals surface area (Å²) in [5, 5.41) is 9.21.